The lowest BCUT2D eigenvalue weighted by molar-refractivity contribution is 0.666. The van der Waals surface area contributed by atoms with E-state index in [-0.39, 0.29) is 5.54 Å². The molecule has 1 unspecified atom stereocenters. The molecule has 3 heteroatoms. The van der Waals surface area contributed by atoms with Crippen molar-refractivity contribution in [2.75, 3.05) is 16.8 Å². The molecule has 78 valence electrons. The molecule has 0 aromatic heterocycles. The van der Waals surface area contributed by atoms with Gasteiger partial charge in [-0.15, -0.1) is 0 Å². The molecule has 1 atom stereocenters. The molecule has 15 heavy (non-hydrogen) atoms. The van der Waals surface area contributed by atoms with Gasteiger partial charge in [-0.1, -0.05) is 17.7 Å². The highest BCUT2D eigenvalue weighted by molar-refractivity contribution is 7.99. The van der Waals surface area contributed by atoms with Crippen molar-refractivity contribution in [3.8, 4) is 6.07 Å². The summed E-state index contributed by atoms with van der Waals surface area (Å²) in [6.07, 6.45) is 0.933. The molecule has 1 aromatic rings. The Morgan fingerprint density at radius 3 is 2.67 bits per heavy atom. The van der Waals surface area contributed by atoms with Crippen LogP contribution in [0.5, 0.6) is 0 Å². The van der Waals surface area contributed by atoms with Crippen molar-refractivity contribution >= 4 is 17.4 Å². The lowest BCUT2D eigenvalue weighted by Gasteiger charge is -2.22. The number of nitrogens with zero attached hydrogens (tertiary/aromatic N) is 1. The zero-order valence-corrected chi connectivity index (χ0v) is 9.60. The first-order chi connectivity index (χ1) is 7.24. The molecule has 2 rings (SSSR count). The topological polar surface area (TPSA) is 35.8 Å². The molecule has 0 spiro atoms. The van der Waals surface area contributed by atoms with E-state index in [1.807, 2.05) is 23.9 Å². The number of rotatable bonds is 2. The third-order valence-corrected chi connectivity index (χ3v) is 3.86. The second-order valence-corrected chi connectivity index (χ2v) is 5.09. The molecule has 1 fully saturated rings. The van der Waals surface area contributed by atoms with Gasteiger partial charge < -0.3 is 5.32 Å². The van der Waals surface area contributed by atoms with Crippen molar-refractivity contribution in [2.24, 2.45) is 0 Å². The summed E-state index contributed by atoms with van der Waals surface area (Å²) in [4.78, 5) is 0. The molecular weight excluding hydrogens is 204 g/mol. The third kappa shape index (κ3) is 2.27. The molecule has 2 nitrogen and oxygen atoms in total. The lowest BCUT2D eigenvalue weighted by atomic mass is 10.0. The quantitative estimate of drug-likeness (QED) is 0.829. The van der Waals surface area contributed by atoms with Gasteiger partial charge in [0.1, 0.15) is 5.54 Å². The van der Waals surface area contributed by atoms with E-state index in [4.69, 9.17) is 0 Å². The normalized spacial score (nSPS) is 24.8. The zero-order chi connectivity index (χ0) is 10.7. The van der Waals surface area contributed by atoms with Crippen LogP contribution in [0.15, 0.2) is 24.3 Å². The minimum atomic E-state index is -0.347. The molecule has 0 amide bonds. The van der Waals surface area contributed by atoms with Crippen LogP contribution in [0.2, 0.25) is 0 Å². The minimum Gasteiger partial charge on any atom is -0.367 e. The molecule has 1 aromatic carbocycles. The Kier molecular flexibility index (Phi) is 2.88. The fraction of sp³-hybridized carbons (Fsp3) is 0.417. The SMILES string of the molecule is Cc1ccc(NC2(C#N)CCSC2)cc1. The Morgan fingerprint density at radius 1 is 1.40 bits per heavy atom. The molecule has 1 saturated heterocycles. The van der Waals surface area contributed by atoms with Crippen molar-refractivity contribution in [1.29, 1.82) is 5.26 Å². The molecule has 1 N–H and O–H groups in total. The van der Waals surface area contributed by atoms with Crippen LogP contribution in [0.3, 0.4) is 0 Å². The summed E-state index contributed by atoms with van der Waals surface area (Å²) in [5.41, 5.74) is 1.94. The summed E-state index contributed by atoms with van der Waals surface area (Å²) in [5.74, 6) is 1.96. The van der Waals surface area contributed by atoms with Crippen LogP contribution in [0, 0.1) is 18.3 Å². The average Bonchev–Trinajstić information content (AvgIpc) is 2.71. The minimum absolute atomic E-state index is 0.347. The molecule has 0 radical (unpaired) electrons. The highest BCUT2D eigenvalue weighted by atomic mass is 32.2. The first-order valence-electron chi connectivity index (χ1n) is 5.08. The van der Waals surface area contributed by atoms with Crippen molar-refractivity contribution in [3.05, 3.63) is 29.8 Å². The summed E-state index contributed by atoms with van der Waals surface area (Å²) >= 11 is 1.84. The molecule has 1 aliphatic heterocycles. The van der Waals surface area contributed by atoms with Crippen molar-refractivity contribution in [1.82, 2.24) is 0 Å². The van der Waals surface area contributed by atoms with Gasteiger partial charge in [-0.3, -0.25) is 0 Å². The average molecular weight is 218 g/mol. The van der Waals surface area contributed by atoms with Crippen LogP contribution < -0.4 is 5.32 Å². The first kappa shape index (κ1) is 10.4. The van der Waals surface area contributed by atoms with Crippen LogP contribution in [-0.4, -0.2) is 17.0 Å². The number of nitrogens with one attached hydrogen (secondary N) is 1. The van der Waals surface area contributed by atoms with Gasteiger partial charge in [-0.25, -0.2) is 0 Å². The van der Waals surface area contributed by atoms with E-state index in [2.05, 4.69) is 30.4 Å². The second-order valence-electron chi connectivity index (χ2n) is 3.99. The van der Waals surface area contributed by atoms with Gasteiger partial charge in [-0.2, -0.15) is 17.0 Å². The fourth-order valence-electron chi connectivity index (χ4n) is 1.69. The van der Waals surface area contributed by atoms with Crippen LogP contribution >= 0.6 is 11.8 Å². The van der Waals surface area contributed by atoms with Gasteiger partial charge >= 0.3 is 0 Å². The third-order valence-electron chi connectivity index (χ3n) is 2.67. The van der Waals surface area contributed by atoms with Gasteiger partial charge in [0.2, 0.25) is 0 Å². The predicted octanol–water partition coefficient (Wildman–Crippen LogP) is 2.81. The molecule has 0 bridgehead atoms. The van der Waals surface area contributed by atoms with E-state index in [0.717, 1.165) is 23.6 Å². The smallest absolute Gasteiger partial charge is 0.135 e. The van der Waals surface area contributed by atoms with Gasteiger partial charge in [0.05, 0.1) is 6.07 Å². The Labute approximate surface area is 94.7 Å². The van der Waals surface area contributed by atoms with E-state index in [9.17, 15) is 5.26 Å². The monoisotopic (exact) mass is 218 g/mol. The summed E-state index contributed by atoms with van der Waals surface area (Å²) in [6.45, 7) is 2.06. The Hall–Kier alpha value is -1.14. The largest absolute Gasteiger partial charge is 0.367 e. The van der Waals surface area contributed by atoms with Crippen molar-refractivity contribution in [3.63, 3.8) is 0 Å². The highest BCUT2D eigenvalue weighted by Gasteiger charge is 2.34. The predicted molar refractivity (Wildman–Crippen MR) is 65.1 cm³/mol. The van der Waals surface area contributed by atoms with Crippen LogP contribution in [0.1, 0.15) is 12.0 Å². The maximum Gasteiger partial charge on any atom is 0.135 e. The number of nitriles is 1. The van der Waals surface area contributed by atoms with Gasteiger partial charge in [0.25, 0.3) is 0 Å². The Bertz CT molecular complexity index is 372. The summed E-state index contributed by atoms with van der Waals surface area (Å²) in [7, 11) is 0. The first-order valence-corrected chi connectivity index (χ1v) is 6.23. The van der Waals surface area contributed by atoms with Crippen LogP contribution in [0.4, 0.5) is 5.69 Å². The van der Waals surface area contributed by atoms with Gasteiger partial charge in [0, 0.05) is 11.4 Å². The number of hydrogen-bond donors (Lipinski definition) is 1. The van der Waals surface area contributed by atoms with Crippen molar-refractivity contribution in [2.45, 2.75) is 18.9 Å². The molecular formula is C12H14N2S. The number of benzene rings is 1. The van der Waals surface area contributed by atoms with Crippen molar-refractivity contribution < 1.29 is 0 Å². The number of thioether (sulfide) groups is 1. The lowest BCUT2D eigenvalue weighted by Crippen LogP contribution is -2.36. The molecule has 1 aliphatic rings. The van der Waals surface area contributed by atoms with E-state index in [1.165, 1.54) is 5.56 Å². The Morgan fingerprint density at radius 2 is 2.13 bits per heavy atom. The standard InChI is InChI=1S/C12H14N2S/c1-10-2-4-11(5-3-10)14-12(8-13)6-7-15-9-12/h2-5,14H,6-7,9H2,1H3. The van der Waals surface area contributed by atoms with E-state index in [1.54, 1.807) is 0 Å². The fourth-order valence-corrected chi connectivity index (χ4v) is 2.96. The second kappa shape index (κ2) is 4.16. The van der Waals surface area contributed by atoms with E-state index < -0.39 is 0 Å². The van der Waals surface area contributed by atoms with Gasteiger partial charge in [-0.05, 0) is 31.2 Å². The molecule has 0 saturated carbocycles. The van der Waals surface area contributed by atoms with Gasteiger partial charge in [0.15, 0.2) is 0 Å². The summed E-state index contributed by atoms with van der Waals surface area (Å²) in [5, 5.41) is 12.6. The summed E-state index contributed by atoms with van der Waals surface area (Å²) in [6, 6.07) is 10.6. The number of hydrogen-bond acceptors (Lipinski definition) is 3. The van der Waals surface area contributed by atoms with E-state index >= 15 is 0 Å². The van der Waals surface area contributed by atoms with Crippen LogP contribution in [0.25, 0.3) is 0 Å². The highest BCUT2D eigenvalue weighted by Crippen LogP contribution is 2.30. The van der Waals surface area contributed by atoms with Crippen LogP contribution in [-0.2, 0) is 0 Å². The summed E-state index contributed by atoms with van der Waals surface area (Å²) < 4.78 is 0. The Balaban J connectivity index is 2.14. The zero-order valence-electron chi connectivity index (χ0n) is 8.79. The maximum absolute atomic E-state index is 9.21. The number of aryl methyl sites for hydroxylation is 1. The van der Waals surface area contributed by atoms with E-state index in [0.29, 0.717) is 0 Å². The molecule has 1 heterocycles. The maximum atomic E-state index is 9.21. The molecule has 0 aliphatic carbocycles. The number of anilines is 1.